The summed E-state index contributed by atoms with van der Waals surface area (Å²) in [6.45, 7) is 0. The molecule has 0 saturated carbocycles. The van der Waals surface area contributed by atoms with Crippen molar-refractivity contribution in [2.75, 3.05) is 12.4 Å². The van der Waals surface area contributed by atoms with Gasteiger partial charge < -0.3 is 10.1 Å². The van der Waals surface area contributed by atoms with Crippen LogP contribution in [0.2, 0.25) is 0 Å². The van der Waals surface area contributed by atoms with Crippen LogP contribution >= 0.6 is 0 Å². The molecule has 0 radical (unpaired) electrons. The van der Waals surface area contributed by atoms with Crippen molar-refractivity contribution < 1.29 is 26.4 Å². The standard InChI is InChI=1S/C14H15N3O6S2/c1-23-13-7-6-11(25(16,21)22)8-12(13)14(18)17-9-2-4-10(5-3-9)24(15,19)20/h2-8H,1H3,(H,17,18)(H2,15,19,20)(H2,16,21,22). The van der Waals surface area contributed by atoms with Crippen LogP contribution in [-0.4, -0.2) is 29.9 Å². The molecule has 2 aromatic rings. The molecular formula is C14H15N3O6S2. The third-order valence-electron chi connectivity index (χ3n) is 3.18. The number of ether oxygens (including phenoxy) is 1. The maximum absolute atomic E-state index is 12.4. The first kappa shape index (κ1) is 18.9. The van der Waals surface area contributed by atoms with Crippen LogP contribution in [-0.2, 0) is 20.0 Å². The molecule has 5 N–H and O–H groups in total. The fourth-order valence-corrected chi connectivity index (χ4v) is 3.02. The van der Waals surface area contributed by atoms with Gasteiger partial charge in [-0.05, 0) is 42.5 Å². The molecule has 0 atom stereocenters. The van der Waals surface area contributed by atoms with Crippen LogP contribution in [0.4, 0.5) is 5.69 Å². The Labute approximate surface area is 144 Å². The molecule has 0 aliphatic rings. The second-order valence-electron chi connectivity index (χ2n) is 4.93. The molecule has 11 heteroatoms. The van der Waals surface area contributed by atoms with Gasteiger partial charge in [0, 0.05) is 5.69 Å². The molecule has 0 bridgehead atoms. The molecular weight excluding hydrogens is 370 g/mol. The summed E-state index contributed by atoms with van der Waals surface area (Å²) in [5.74, 6) is -0.517. The number of benzene rings is 2. The number of amides is 1. The predicted molar refractivity (Wildman–Crippen MR) is 90.1 cm³/mol. The highest BCUT2D eigenvalue weighted by Crippen LogP contribution is 2.23. The van der Waals surface area contributed by atoms with E-state index in [9.17, 15) is 21.6 Å². The van der Waals surface area contributed by atoms with Gasteiger partial charge in [0.15, 0.2) is 0 Å². The maximum Gasteiger partial charge on any atom is 0.259 e. The van der Waals surface area contributed by atoms with E-state index < -0.39 is 26.0 Å². The minimum absolute atomic E-state index is 0.0513. The number of nitrogens with one attached hydrogen (secondary N) is 1. The highest BCUT2D eigenvalue weighted by atomic mass is 32.2. The van der Waals surface area contributed by atoms with Crippen molar-refractivity contribution in [3.05, 3.63) is 48.0 Å². The molecule has 2 aromatic carbocycles. The Morgan fingerprint density at radius 2 is 1.44 bits per heavy atom. The normalized spacial score (nSPS) is 11.8. The summed E-state index contributed by atoms with van der Waals surface area (Å²) in [6.07, 6.45) is 0. The lowest BCUT2D eigenvalue weighted by Crippen LogP contribution is -2.17. The molecule has 0 aliphatic heterocycles. The van der Waals surface area contributed by atoms with Crippen LogP contribution < -0.4 is 20.3 Å². The van der Waals surface area contributed by atoms with Gasteiger partial charge in [0.25, 0.3) is 5.91 Å². The Hall–Kier alpha value is -2.47. The van der Waals surface area contributed by atoms with Crippen LogP contribution in [0.3, 0.4) is 0 Å². The van der Waals surface area contributed by atoms with Crippen molar-refractivity contribution in [1.82, 2.24) is 0 Å². The summed E-state index contributed by atoms with van der Waals surface area (Å²) in [5.41, 5.74) is 0.227. The second kappa shape index (κ2) is 6.80. The van der Waals surface area contributed by atoms with Gasteiger partial charge in [-0.15, -0.1) is 0 Å². The lowest BCUT2D eigenvalue weighted by molar-refractivity contribution is 0.102. The van der Waals surface area contributed by atoms with Crippen molar-refractivity contribution in [3.8, 4) is 5.75 Å². The number of rotatable bonds is 5. The fourth-order valence-electron chi connectivity index (χ4n) is 1.97. The summed E-state index contributed by atoms with van der Waals surface area (Å²) in [7, 11) is -6.52. The number of sulfonamides is 2. The van der Waals surface area contributed by atoms with Gasteiger partial charge in [0.2, 0.25) is 20.0 Å². The number of anilines is 1. The average Bonchev–Trinajstić information content (AvgIpc) is 2.53. The SMILES string of the molecule is COc1ccc(S(N)(=O)=O)cc1C(=O)Nc1ccc(S(N)(=O)=O)cc1. The van der Waals surface area contributed by atoms with E-state index in [4.69, 9.17) is 15.0 Å². The summed E-state index contributed by atoms with van der Waals surface area (Å²) < 4.78 is 50.3. The van der Waals surface area contributed by atoms with Gasteiger partial charge in [0.1, 0.15) is 5.75 Å². The first-order valence-electron chi connectivity index (χ1n) is 6.67. The van der Waals surface area contributed by atoms with Gasteiger partial charge in [-0.3, -0.25) is 4.79 Å². The highest BCUT2D eigenvalue weighted by molar-refractivity contribution is 7.89. The van der Waals surface area contributed by atoms with Crippen molar-refractivity contribution >= 4 is 31.6 Å². The van der Waals surface area contributed by atoms with Crippen molar-refractivity contribution in [1.29, 1.82) is 0 Å². The van der Waals surface area contributed by atoms with Crippen LogP contribution in [0.5, 0.6) is 5.75 Å². The zero-order valence-corrected chi connectivity index (χ0v) is 14.6. The Kier molecular flexibility index (Phi) is 5.13. The number of carbonyl (C=O) groups is 1. The average molecular weight is 385 g/mol. The quantitative estimate of drug-likeness (QED) is 0.668. The molecule has 0 aromatic heterocycles. The highest BCUT2D eigenvalue weighted by Gasteiger charge is 2.18. The molecule has 134 valence electrons. The van der Waals surface area contributed by atoms with Gasteiger partial charge in [-0.2, -0.15) is 0 Å². The fraction of sp³-hybridized carbons (Fsp3) is 0.0714. The van der Waals surface area contributed by atoms with Gasteiger partial charge >= 0.3 is 0 Å². The minimum Gasteiger partial charge on any atom is -0.496 e. The lowest BCUT2D eigenvalue weighted by Gasteiger charge is -2.11. The Morgan fingerprint density at radius 3 is 1.92 bits per heavy atom. The van der Waals surface area contributed by atoms with Crippen LogP contribution in [0.25, 0.3) is 0 Å². The maximum atomic E-state index is 12.4. The molecule has 0 fully saturated rings. The summed E-state index contributed by atoms with van der Waals surface area (Å²) >= 11 is 0. The van der Waals surface area contributed by atoms with E-state index in [1.165, 1.54) is 43.5 Å². The molecule has 0 unspecified atom stereocenters. The number of primary sulfonamides is 2. The van der Waals surface area contributed by atoms with Crippen molar-refractivity contribution in [3.63, 3.8) is 0 Å². The van der Waals surface area contributed by atoms with E-state index >= 15 is 0 Å². The number of carbonyl (C=O) groups excluding carboxylic acids is 1. The lowest BCUT2D eigenvalue weighted by atomic mass is 10.2. The van der Waals surface area contributed by atoms with Crippen LogP contribution in [0, 0.1) is 0 Å². The zero-order valence-electron chi connectivity index (χ0n) is 13.0. The smallest absolute Gasteiger partial charge is 0.259 e. The zero-order chi connectivity index (χ0) is 18.8. The Morgan fingerprint density at radius 1 is 0.920 bits per heavy atom. The van der Waals surface area contributed by atoms with Crippen LogP contribution in [0.1, 0.15) is 10.4 Å². The Balaban J connectivity index is 2.34. The summed E-state index contributed by atoms with van der Waals surface area (Å²) in [4.78, 5) is 12.0. The predicted octanol–water partition coefficient (Wildman–Crippen LogP) is 0.242. The molecule has 1 amide bonds. The summed E-state index contributed by atoms with van der Waals surface area (Å²) in [6, 6.07) is 8.74. The van der Waals surface area contributed by atoms with Crippen molar-refractivity contribution in [2.24, 2.45) is 10.3 Å². The van der Waals surface area contributed by atoms with Crippen molar-refractivity contribution in [2.45, 2.75) is 9.79 Å². The summed E-state index contributed by atoms with van der Waals surface area (Å²) in [5, 5.41) is 12.6. The number of hydrogen-bond donors (Lipinski definition) is 3. The third-order valence-corrected chi connectivity index (χ3v) is 5.03. The van der Waals surface area contributed by atoms with Crippen LogP contribution in [0.15, 0.2) is 52.3 Å². The first-order valence-corrected chi connectivity index (χ1v) is 9.76. The number of hydrogen-bond acceptors (Lipinski definition) is 6. The van der Waals surface area contributed by atoms with E-state index in [-0.39, 0.29) is 26.8 Å². The number of nitrogens with two attached hydrogens (primary N) is 2. The topological polar surface area (TPSA) is 159 Å². The van der Waals surface area contributed by atoms with Gasteiger partial charge in [0.05, 0.1) is 22.5 Å². The number of methoxy groups -OCH3 is 1. The van der Waals surface area contributed by atoms with E-state index in [1.54, 1.807) is 0 Å². The molecule has 0 spiro atoms. The molecule has 0 aliphatic carbocycles. The van der Waals surface area contributed by atoms with E-state index in [0.717, 1.165) is 6.07 Å². The van der Waals surface area contributed by atoms with Gasteiger partial charge in [-0.1, -0.05) is 0 Å². The molecule has 25 heavy (non-hydrogen) atoms. The second-order valence-corrected chi connectivity index (χ2v) is 8.05. The van der Waals surface area contributed by atoms with E-state index in [1.807, 2.05) is 0 Å². The van der Waals surface area contributed by atoms with Gasteiger partial charge in [-0.25, -0.2) is 27.1 Å². The molecule has 0 heterocycles. The molecule has 9 nitrogen and oxygen atoms in total. The first-order chi connectivity index (χ1) is 11.5. The minimum atomic E-state index is -3.99. The monoisotopic (exact) mass is 385 g/mol. The van der Waals surface area contributed by atoms with E-state index in [0.29, 0.717) is 0 Å². The van der Waals surface area contributed by atoms with E-state index in [2.05, 4.69) is 5.32 Å². The largest absolute Gasteiger partial charge is 0.496 e. The molecule has 2 rings (SSSR count). The molecule has 0 saturated heterocycles. The Bertz CT molecular complexity index is 1020. The third kappa shape index (κ3) is 4.54.